The van der Waals surface area contributed by atoms with Crippen molar-refractivity contribution in [1.29, 1.82) is 0 Å². The first-order valence-corrected chi connectivity index (χ1v) is 6.63. The van der Waals surface area contributed by atoms with Crippen LogP contribution in [0.2, 0.25) is 0 Å². The van der Waals surface area contributed by atoms with Gasteiger partial charge in [0.15, 0.2) is 0 Å². The number of hydrogen-bond acceptors (Lipinski definition) is 3. The van der Waals surface area contributed by atoms with Crippen LogP contribution in [0.15, 0.2) is 18.3 Å². The number of unbranched alkanes of at least 4 members (excludes halogenated alkanes) is 1. The molecule has 3 heteroatoms. The molecule has 0 aromatic carbocycles. The quantitative estimate of drug-likeness (QED) is 0.822. The summed E-state index contributed by atoms with van der Waals surface area (Å²) in [6.07, 6.45) is 6.39. The normalized spacial score (nSPS) is 16.9. The summed E-state index contributed by atoms with van der Waals surface area (Å²) in [7, 11) is 0. The number of hydrogen-bond donors (Lipinski definition) is 1. The number of aliphatic hydroxyl groups excluding tert-OH is 1. The summed E-state index contributed by atoms with van der Waals surface area (Å²) in [5.74, 6) is 1.06. The van der Waals surface area contributed by atoms with Gasteiger partial charge in [-0.2, -0.15) is 0 Å². The standard InChI is InChI=1S/C14H22N2O/c1-3-4-9-16(13-6-7-13)14-8-5-12(10-15-14)11(2)17/h5,8,10-11,13,17H,3-4,6-7,9H2,1-2H3/t11-/m0/s1. The molecular formula is C14H22N2O. The van der Waals surface area contributed by atoms with Gasteiger partial charge in [0.2, 0.25) is 0 Å². The molecule has 17 heavy (non-hydrogen) atoms. The Morgan fingerprint density at radius 3 is 2.71 bits per heavy atom. The summed E-state index contributed by atoms with van der Waals surface area (Å²) in [6.45, 7) is 5.09. The topological polar surface area (TPSA) is 36.4 Å². The molecule has 0 aliphatic heterocycles. The van der Waals surface area contributed by atoms with Gasteiger partial charge in [-0.15, -0.1) is 0 Å². The SMILES string of the molecule is CCCCN(c1ccc([C@H](C)O)cn1)C1CC1. The number of aromatic nitrogens is 1. The third-order valence-corrected chi connectivity index (χ3v) is 3.29. The van der Waals surface area contributed by atoms with Gasteiger partial charge in [-0.1, -0.05) is 19.4 Å². The van der Waals surface area contributed by atoms with E-state index in [-0.39, 0.29) is 0 Å². The first-order chi connectivity index (χ1) is 8.22. The molecule has 1 heterocycles. The van der Waals surface area contributed by atoms with E-state index >= 15 is 0 Å². The second-order valence-electron chi connectivity index (χ2n) is 4.90. The Balaban J connectivity index is 2.07. The molecule has 2 rings (SSSR count). The lowest BCUT2D eigenvalue weighted by Gasteiger charge is -2.23. The summed E-state index contributed by atoms with van der Waals surface area (Å²) in [6, 6.07) is 4.72. The highest BCUT2D eigenvalue weighted by molar-refractivity contribution is 5.42. The van der Waals surface area contributed by atoms with E-state index in [1.165, 1.54) is 25.7 Å². The summed E-state index contributed by atoms with van der Waals surface area (Å²) in [4.78, 5) is 6.89. The lowest BCUT2D eigenvalue weighted by molar-refractivity contribution is 0.199. The van der Waals surface area contributed by atoms with Crippen LogP contribution < -0.4 is 4.90 Å². The second-order valence-corrected chi connectivity index (χ2v) is 4.90. The number of anilines is 1. The number of aliphatic hydroxyl groups is 1. The molecule has 0 amide bonds. The van der Waals surface area contributed by atoms with Crippen molar-refractivity contribution < 1.29 is 5.11 Å². The first kappa shape index (κ1) is 12.4. The van der Waals surface area contributed by atoms with E-state index in [1.54, 1.807) is 13.1 Å². The van der Waals surface area contributed by atoms with Crippen LogP contribution in [0, 0.1) is 0 Å². The predicted octanol–water partition coefficient (Wildman–Crippen LogP) is 2.90. The van der Waals surface area contributed by atoms with Crippen LogP contribution in [0.25, 0.3) is 0 Å². The minimum atomic E-state index is -0.429. The third-order valence-electron chi connectivity index (χ3n) is 3.29. The van der Waals surface area contributed by atoms with Gasteiger partial charge >= 0.3 is 0 Å². The maximum absolute atomic E-state index is 9.46. The Morgan fingerprint density at radius 1 is 1.47 bits per heavy atom. The van der Waals surface area contributed by atoms with E-state index in [9.17, 15) is 5.11 Å². The predicted molar refractivity (Wildman–Crippen MR) is 70.1 cm³/mol. The van der Waals surface area contributed by atoms with Crippen molar-refractivity contribution in [2.45, 2.75) is 51.7 Å². The van der Waals surface area contributed by atoms with E-state index in [4.69, 9.17) is 0 Å². The van der Waals surface area contributed by atoms with Gasteiger partial charge in [0.1, 0.15) is 5.82 Å². The molecule has 1 aliphatic carbocycles. The fraction of sp³-hybridized carbons (Fsp3) is 0.643. The van der Waals surface area contributed by atoms with E-state index in [2.05, 4.69) is 16.8 Å². The van der Waals surface area contributed by atoms with Crippen molar-refractivity contribution in [3.05, 3.63) is 23.9 Å². The third kappa shape index (κ3) is 3.19. The number of nitrogens with zero attached hydrogens (tertiary/aromatic N) is 2. The molecule has 1 fully saturated rings. The van der Waals surface area contributed by atoms with E-state index in [1.807, 2.05) is 12.1 Å². The Kier molecular flexibility index (Phi) is 4.00. The molecule has 1 aliphatic rings. The van der Waals surface area contributed by atoms with Gasteiger partial charge in [-0.05, 0) is 37.8 Å². The van der Waals surface area contributed by atoms with Gasteiger partial charge < -0.3 is 10.0 Å². The number of rotatable bonds is 6. The first-order valence-electron chi connectivity index (χ1n) is 6.63. The minimum Gasteiger partial charge on any atom is -0.389 e. The van der Waals surface area contributed by atoms with Gasteiger partial charge in [0, 0.05) is 18.8 Å². The summed E-state index contributed by atoms with van der Waals surface area (Å²) in [5, 5.41) is 9.46. The Hall–Kier alpha value is -1.09. The molecule has 94 valence electrons. The van der Waals surface area contributed by atoms with E-state index in [0.29, 0.717) is 6.04 Å². The average Bonchev–Trinajstić information content (AvgIpc) is 3.14. The zero-order valence-corrected chi connectivity index (χ0v) is 10.8. The van der Waals surface area contributed by atoms with Crippen LogP contribution in [0.5, 0.6) is 0 Å². The monoisotopic (exact) mass is 234 g/mol. The number of pyridine rings is 1. The molecule has 1 aromatic rings. The van der Waals surface area contributed by atoms with Gasteiger partial charge in [-0.3, -0.25) is 0 Å². The zero-order valence-electron chi connectivity index (χ0n) is 10.8. The van der Waals surface area contributed by atoms with Gasteiger partial charge in [0.05, 0.1) is 6.10 Å². The van der Waals surface area contributed by atoms with Crippen LogP contribution in [0.4, 0.5) is 5.82 Å². The molecule has 1 atom stereocenters. The summed E-state index contributed by atoms with van der Waals surface area (Å²) >= 11 is 0. The maximum atomic E-state index is 9.46. The molecule has 0 unspecified atom stereocenters. The largest absolute Gasteiger partial charge is 0.389 e. The van der Waals surface area contributed by atoms with Crippen molar-refractivity contribution in [1.82, 2.24) is 4.98 Å². The molecule has 0 spiro atoms. The summed E-state index contributed by atoms with van der Waals surface area (Å²) in [5.41, 5.74) is 0.889. The van der Waals surface area contributed by atoms with Crippen molar-refractivity contribution in [2.75, 3.05) is 11.4 Å². The highest BCUT2D eigenvalue weighted by atomic mass is 16.3. The molecule has 1 saturated carbocycles. The van der Waals surface area contributed by atoms with Crippen LogP contribution in [0.3, 0.4) is 0 Å². The molecule has 3 nitrogen and oxygen atoms in total. The van der Waals surface area contributed by atoms with Crippen molar-refractivity contribution in [2.24, 2.45) is 0 Å². The smallest absolute Gasteiger partial charge is 0.128 e. The fourth-order valence-electron chi connectivity index (χ4n) is 2.01. The second kappa shape index (κ2) is 5.50. The van der Waals surface area contributed by atoms with E-state index < -0.39 is 6.10 Å². The van der Waals surface area contributed by atoms with Crippen molar-refractivity contribution >= 4 is 5.82 Å². The molecule has 0 bridgehead atoms. The zero-order chi connectivity index (χ0) is 12.3. The Labute approximate surface area is 103 Å². The molecule has 1 N–H and O–H groups in total. The molecule has 0 saturated heterocycles. The van der Waals surface area contributed by atoms with Crippen LogP contribution in [-0.2, 0) is 0 Å². The lowest BCUT2D eigenvalue weighted by Crippen LogP contribution is -2.27. The molecule has 1 aromatic heterocycles. The van der Waals surface area contributed by atoms with Crippen LogP contribution >= 0.6 is 0 Å². The van der Waals surface area contributed by atoms with E-state index in [0.717, 1.165) is 17.9 Å². The van der Waals surface area contributed by atoms with Crippen molar-refractivity contribution in [3.8, 4) is 0 Å². The minimum absolute atomic E-state index is 0.429. The van der Waals surface area contributed by atoms with Gasteiger partial charge in [-0.25, -0.2) is 4.98 Å². The fourth-order valence-corrected chi connectivity index (χ4v) is 2.01. The highest BCUT2D eigenvalue weighted by Gasteiger charge is 2.29. The lowest BCUT2D eigenvalue weighted by atomic mass is 10.2. The summed E-state index contributed by atoms with van der Waals surface area (Å²) < 4.78 is 0. The average molecular weight is 234 g/mol. The van der Waals surface area contributed by atoms with Crippen molar-refractivity contribution in [3.63, 3.8) is 0 Å². The Bertz CT molecular complexity index is 344. The van der Waals surface area contributed by atoms with Crippen LogP contribution in [0.1, 0.15) is 51.2 Å². The van der Waals surface area contributed by atoms with Gasteiger partial charge in [0.25, 0.3) is 0 Å². The highest BCUT2D eigenvalue weighted by Crippen LogP contribution is 2.31. The molecular weight excluding hydrogens is 212 g/mol. The molecule has 0 radical (unpaired) electrons. The maximum Gasteiger partial charge on any atom is 0.128 e. The Morgan fingerprint density at radius 2 is 2.24 bits per heavy atom. The van der Waals surface area contributed by atoms with Crippen LogP contribution in [-0.4, -0.2) is 22.7 Å².